The lowest BCUT2D eigenvalue weighted by molar-refractivity contribution is -0.125. The van der Waals surface area contributed by atoms with E-state index >= 15 is 0 Å². The lowest BCUT2D eigenvalue weighted by Gasteiger charge is -2.39. The summed E-state index contributed by atoms with van der Waals surface area (Å²) >= 11 is 0. The summed E-state index contributed by atoms with van der Waals surface area (Å²) in [6.07, 6.45) is 4.69. The van der Waals surface area contributed by atoms with Crippen LogP contribution in [-0.2, 0) is 54.3 Å². The van der Waals surface area contributed by atoms with Crippen molar-refractivity contribution in [2.24, 2.45) is 5.92 Å². The molecule has 5 unspecified atom stereocenters. The van der Waals surface area contributed by atoms with Crippen LogP contribution in [0.15, 0.2) is 79.1 Å². The number of carbonyl (C=O) groups excluding carboxylic acids is 1. The molecule has 5 atom stereocenters. The smallest absolute Gasteiger partial charge is 0.156 e. The van der Waals surface area contributed by atoms with Crippen molar-refractivity contribution >= 4 is 27.6 Å². The molecule has 10 rings (SSSR count). The molecule has 0 N–H and O–H groups in total. The van der Waals surface area contributed by atoms with Gasteiger partial charge in [-0.15, -0.1) is 0 Å². The Hall–Kier alpha value is -4.63. The minimum absolute atomic E-state index is 0.000214. The molecule has 4 aromatic heterocycles. The van der Waals surface area contributed by atoms with Crippen molar-refractivity contribution in [3.05, 3.63) is 130 Å². The number of ether oxygens (including phenoxy) is 1. The number of ketones is 1. The Morgan fingerprint density at radius 3 is 2.51 bits per heavy atom. The first kappa shape index (κ1) is 33.0. The number of benzene rings is 2. The molecule has 0 bridgehead atoms. The summed E-state index contributed by atoms with van der Waals surface area (Å²) in [5.74, 6) is 0.694. The first-order valence-corrected chi connectivity index (χ1v) is 19.3. The summed E-state index contributed by atoms with van der Waals surface area (Å²) in [6.45, 7) is 14.3. The van der Waals surface area contributed by atoms with E-state index in [-0.39, 0.29) is 23.9 Å². The molecule has 53 heavy (non-hydrogen) atoms. The summed E-state index contributed by atoms with van der Waals surface area (Å²) in [5, 5.41) is 2.65. The molecular weight excluding hydrogens is 657 g/mol. The summed E-state index contributed by atoms with van der Waals surface area (Å²) in [7, 11) is 2.19. The number of hydrogen-bond acceptors (Lipinski definition) is 6. The van der Waals surface area contributed by atoms with Gasteiger partial charge in [0.15, 0.2) is 5.78 Å². The molecule has 4 aliphatic heterocycles. The van der Waals surface area contributed by atoms with E-state index in [4.69, 9.17) is 9.72 Å². The van der Waals surface area contributed by atoms with E-state index in [1.54, 1.807) is 0 Å². The molecule has 0 fully saturated rings. The molecular formula is C45H48N6O2. The van der Waals surface area contributed by atoms with Crippen LogP contribution < -0.4 is 0 Å². The molecule has 8 nitrogen and oxygen atoms in total. The number of pyridine rings is 2. The quantitative estimate of drug-likeness (QED) is 0.186. The zero-order valence-corrected chi connectivity index (χ0v) is 31.5. The van der Waals surface area contributed by atoms with E-state index in [0.29, 0.717) is 12.3 Å². The lowest BCUT2D eigenvalue weighted by Crippen LogP contribution is -2.43. The van der Waals surface area contributed by atoms with Crippen molar-refractivity contribution in [2.75, 3.05) is 20.1 Å². The van der Waals surface area contributed by atoms with Gasteiger partial charge in [0, 0.05) is 107 Å². The van der Waals surface area contributed by atoms with Gasteiger partial charge in [0.05, 0.1) is 24.9 Å². The zero-order valence-electron chi connectivity index (χ0n) is 31.5. The minimum Gasteiger partial charge on any atom is -0.365 e. The maximum absolute atomic E-state index is 14.0. The SMILES string of the molecule is Cc1ccc2c(c1)c1c3n2CC(C)(c2ccc(C)nc2)OC(C)C3CN(Cc2cc(CC3C(=O)Cn4c5c(c6ccccc64)CN(C)CC53)ccn2)C1. The Morgan fingerprint density at radius 2 is 1.66 bits per heavy atom. The molecule has 0 radical (unpaired) electrons. The number of aryl methyl sites for hydroxylation is 2. The third kappa shape index (κ3) is 5.32. The Labute approximate surface area is 311 Å². The van der Waals surface area contributed by atoms with Crippen molar-refractivity contribution in [1.29, 1.82) is 0 Å². The fraction of sp³-hybridized carbons (Fsp3) is 0.400. The van der Waals surface area contributed by atoms with Crippen LogP contribution in [0.3, 0.4) is 0 Å². The Balaban J connectivity index is 0.952. The Kier molecular flexibility index (Phi) is 7.59. The molecule has 270 valence electrons. The van der Waals surface area contributed by atoms with Gasteiger partial charge in [0.25, 0.3) is 0 Å². The fourth-order valence-electron chi connectivity index (χ4n) is 10.4. The van der Waals surface area contributed by atoms with Crippen molar-refractivity contribution in [2.45, 2.75) is 90.4 Å². The predicted molar refractivity (Wildman–Crippen MR) is 208 cm³/mol. The van der Waals surface area contributed by atoms with E-state index in [2.05, 4.69) is 118 Å². The number of para-hydroxylation sites is 1. The Morgan fingerprint density at radius 1 is 0.849 bits per heavy atom. The van der Waals surface area contributed by atoms with Gasteiger partial charge < -0.3 is 18.8 Å². The highest BCUT2D eigenvalue weighted by molar-refractivity contribution is 5.92. The molecule has 0 amide bonds. The van der Waals surface area contributed by atoms with Gasteiger partial charge in [-0.3, -0.25) is 19.7 Å². The normalized spacial score (nSPS) is 25.8. The third-order valence-electron chi connectivity index (χ3n) is 12.9. The Bertz CT molecular complexity index is 2430. The molecule has 8 heteroatoms. The van der Waals surface area contributed by atoms with Gasteiger partial charge in [0.2, 0.25) is 0 Å². The maximum atomic E-state index is 14.0. The number of aromatic nitrogens is 4. The van der Waals surface area contributed by atoms with Gasteiger partial charge in [-0.1, -0.05) is 35.9 Å². The summed E-state index contributed by atoms with van der Waals surface area (Å²) in [6, 6.07) is 24.2. The van der Waals surface area contributed by atoms with Crippen molar-refractivity contribution in [1.82, 2.24) is 28.9 Å². The predicted octanol–water partition coefficient (Wildman–Crippen LogP) is 7.41. The zero-order chi connectivity index (χ0) is 36.2. The van der Waals surface area contributed by atoms with Crippen LogP contribution >= 0.6 is 0 Å². The van der Waals surface area contributed by atoms with Gasteiger partial charge in [-0.2, -0.15) is 0 Å². The second-order valence-corrected chi connectivity index (χ2v) is 16.7. The fourth-order valence-corrected chi connectivity index (χ4v) is 10.4. The first-order chi connectivity index (χ1) is 25.6. The van der Waals surface area contributed by atoms with Crippen molar-refractivity contribution < 1.29 is 9.53 Å². The highest BCUT2D eigenvalue weighted by Crippen LogP contribution is 2.46. The van der Waals surface area contributed by atoms with E-state index in [1.165, 1.54) is 55.4 Å². The van der Waals surface area contributed by atoms with E-state index < -0.39 is 5.60 Å². The number of carbonyl (C=O) groups is 1. The van der Waals surface area contributed by atoms with Crippen LogP contribution in [0.4, 0.5) is 0 Å². The van der Waals surface area contributed by atoms with Crippen LogP contribution in [0.2, 0.25) is 0 Å². The number of hydrogen-bond donors (Lipinski definition) is 0. The molecule has 6 aromatic rings. The monoisotopic (exact) mass is 704 g/mol. The van der Waals surface area contributed by atoms with Crippen LogP contribution in [-0.4, -0.2) is 60.9 Å². The number of rotatable bonds is 5. The highest BCUT2D eigenvalue weighted by Gasteiger charge is 2.44. The van der Waals surface area contributed by atoms with Gasteiger partial charge in [-0.05, 0) is 94.3 Å². The van der Waals surface area contributed by atoms with E-state index in [9.17, 15) is 4.79 Å². The average molecular weight is 705 g/mol. The molecule has 0 saturated heterocycles. The standard InChI is InChI=1S/C45H48N6O2/c1-27-10-13-41-34(16-27)39-24-49(23-36-29(3)53-45(4,26-51(41)43(36)39)31-12-11-28(2)47-19-31)20-32-17-30(14-15-46-32)18-35-38-22-48(5)21-37-33-8-6-7-9-40(33)50(44(37)38)25-42(35)52/h6-17,19,29,35-36,38H,18,20-26H2,1-5H3. The number of likely N-dealkylation sites (N-methyl/N-ethyl adjacent to an activating group) is 1. The summed E-state index contributed by atoms with van der Waals surface area (Å²) in [5.41, 5.74) is 13.3. The second-order valence-electron chi connectivity index (χ2n) is 16.7. The van der Waals surface area contributed by atoms with Crippen LogP contribution in [0.25, 0.3) is 21.8 Å². The maximum Gasteiger partial charge on any atom is 0.156 e. The average Bonchev–Trinajstić information content (AvgIpc) is 3.57. The van der Waals surface area contributed by atoms with E-state index in [0.717, 1.165) is 62.6 Å². The van der Waals surface area contributed by atoms with Crippen molar-refractivity contribution in [3.63, 3.8) is 0 Å². The molecule has 8 heterocycles. The van der Waals surface area contributed by atoms with Crippen LogP contribution in [0.5, 0.6) is 0 Å². The summed E-state index contributed by atoms with van der Waals surface area (Å²) < 4.78 is 12.0. The lowest BCUT2D eigenvalue weighted by atomic mass is 9.76. The molecule has 0 spiro atoms. The molecule has 0 aliphatic carbocycles. The van der Waals surface area contributed by atoms with Crippen LogP contribution in [0.1, 0.15) is 76.3 Å². The van der Waals surface area contributed by atoms with Crippen molar-refractivity contribution in [3.8, 4) is 0 Å². The number of nitrogens with zero attached hydrogens (tertiary/aromatic N) is 6. The minimum atomic E-state index is -0.512. The molecule has 4 aliphatic rings. The van der Waals surface area contributed by atoms with Gasteiger partial charge in [0.1, 0.15) is 5.60 Å². The highest BCUT2D eigenvalue weighted by atomic mass is 16.5. The van der Waals surface area contributed by atoms with Gasteiger partial charge in [-0.25, -0.2) is 0 Å². The van der Waals surface area contributed by atoms with E-state index in [1.807, 2.05) is 19.3 Å². The topological polar surface area (TPSA) is 68.4 Å². The second kappa shape index (κ2) is 12.2. The number of Topliss-reactive ketones (excluding diaryl/α,β-unsaturated/α-hetero) is 1. The summed E-state index contributed by atoms with van der Waals surface area (Å²) in [4.78, 5) is 28.5. The molecule has 2 aromatic carbocycles. The third-order valence-corrected chi connectivity index (χ3v) is 12.9. The largest absolute Gasteiger partial charge is 0.365 e. The van der Waals surface area contributed by atoms with Crippen LogP contribution in [0, 0.1) is 19.8 Å². The van der Waals surface area contributed by atoms with Gasteiger partial charge >= 0.3 is 0 Å². The number of fused-ring (bicyclic) bond motifs is 6. The molecule has 0 saturated carbocycles. The first-order valence-electron chi connectivity index (χ1n) is 19.3.